The summed E-state index contributed by atoms with van der Waals surface area (Å²) >= 11 is 1.72. The van der Waals surface area contributed by atoms with E-state index < -0.39 is 0 Å². The molecule has 3 atom stereocenters. The molecule has 0 saturated heterocycles. The van der Waals surface area contributed by atoms with Crippen LogP contribution in [0.3, 0.4) is 0 Å². The second-order valence-corrected chi connectivity index (χ2v) is 6.21. The zero-order chi connectivity index (χ0) is 13.7. The van der Waals surface area contributed by atoms with Gasteiger partial charge in [-0.1, -0.05) is 24.3 Å². The minimum atomic E-state index is 0.224. The molecule has 0 bridgehead atoms. The molecule has 106 valence electrons. The maximum absolute atomic E-state index is 9.40. The number of nitrogens with one attached hydrogen (secondary N) is 2. The highest BCUT2D eigenvalue weighted by atomic mass is 32.2. The van der Waals surface area contributed by atoms with Crippen molar-refractivity contribution in [2.24, 2.45) is 0 Å². The van der Waals surface area contributed by atoms with Crippen LogP contribution in [-0.4, -0.2) is 35.8 Å². The average molecular weight is 280 g/mol. The maximum Gasteiger partial charge on any atom is 0.0564 e. The first-order chi connectivity index (χ1) is 9.26. The zero-order valence-corrected chi connectivity index (χ0v) is 12.5. The van der Waals surface area contributed by atoms with Gasteiger partial charge in [0.1, 0.15) is 0 Å². The minimum absolute atomic E-state index is 0.224. The van der Waals surface area contributed by atoms with Crippen molar-refractivity contribution in [3.63, 3.8) is 0 Å². The summed E-state index contributed by atoms with van der Waals surface area (Å²) in [6.45, 7) is 4.37. The molecule has 1 aliphatic rings. The normalized spacial score (nSPS) is 22.4. The molecule has 0 aliphatic carbocycles. The highest BCUT2D eigenvalue weighted by Gasteiger charge is 2.22. The van der Waals surface area contributed by atoms with Crippen molar-refractivity contribution in [3.8, 4) is 0 Å². The van der Waals surface area contributed by atoms with Gasteiger partial charge in [-0.15, -0.1) is 0 Å². The van der Waals surface area contributed by atoms with Gasteiger partial charge in [0.2, 0.25) is 0 Å². The fraction of sp³-hybridized carbons (Fsp3) is 0.600. The molecule has 0 amide bonds. The first kappa shape index (κ1) is 14.9. The van der Waals surface area contributed by atoms with Gasteiger partial charge in [-0.05, 0) is 37.3 Å². The summed E-state index contributed by atoms with van der Waals surface area (Å²) in [4.78, 5) is 0. The summed E-state index contributed by atoms with van der Waals surface area (Å²) in [5.41, 5.74) is 2.78. The Morgan fingerprint density at radius 1 is 1.47 bits per heavy atom. The highest BCUT2D eigenvalue weighted by molar-refractivity contribution is 7.99. The standard InChI is InChI=1S/C15H24N2OS/c1-11(15(10-18)19-2)17-14-7-8-16-9-12-5-3-4-6-13(12)14/h3-6,11,14-18H,7-10H2,1-2H3. The van der Waals surface area contributed by atoms with Crippen LogP contribution in [0.1, 0.15) is 30.5 Å². The highest BCUT2D eigenvalue weighted by Crippen LogP contribution is 2.25. The van der Waals surface area contributed by atoms with Crippen molar-refractivity contribution in [1.29, 1.82) is 0 Å². The van der Waals surface area contributed by atoms with Gasteiger partial charge in [-0.2, -0.15) is 11.8 Å². The Morgan fingerprint density at radius 2 is 2.26 bits per heavy atom. The number of hydrogen-bond donors (Lipinski definition) is 3. The smallest absolute Gasteiger partial charge is 0.0564 e. The van der Waals surface area contributed by atoms with Crippen LogP contribution in [0.25, 0.3) is 0 Å². The summed E-state index contributed by atoms with van der Waals surface area (Å²) in [5.74, 6) is 0. The molecule has 1 aromatic carbocycles. The number of fused-ring (bicyclic) bond motifs is 1. The van der Waals surface area contributed by atoms with E-state index in [1.807, 2.05) is 0 Å². The van der Waals surface area contributed by atoms with Crippen LogP contribution in [0.2, 0.25) is 0 Å². The van der Waals surface area contributed by atoms with E-state index in [4.69, 9.17) is 0 Å². The first-order valence-corrected chi connectivity index (χ1v) is 8.23. The number of hydrogen-bond acceptors (Lipinski definition) is 4. The predicted molar refractivity (Wildman–Crippen MR) is 82.5 cm³/mol. The average Bonchev–Trinajstić information content (AvgIpc) is 2.63. The fourth-order valence-electron chi connectivity index (χ4n) is 2.69. The van der Waals surface area contributed by atoms with Gasteiger partial charge in [0.15, 0.2) is 0 Å². The third-order valence-corrected chi connectivity index (χ3v) is 5.02. The zero-order valence-electron chi connectivity index (χ0n) is 11.7. The second-order valence-electron chi connectivity index (χ2n) is 5.13. The SMILES string of the molecule is CSC(CO)C(C)NC1CCNCc2ccccc21. The lowest BCUT2D eigenvalue weighted by Gasteiger charge is -2.28. The molecule has 2 rings (SSSR count). The molecule has 0 fully saturated rings. The van der Waals surface area contributed by atoms with Crippen molar-refractivity contribution >= 4 is 11.8 Å². The Hall–Kier alpha value is -0.550. The monoisotopic (exact) mass is 280 g/mol. The number of aliphatic hydroxyl groups excluding tert-OH is 1. The predicted octanol–water partition coefficient (Wildman–Crippen LogP) is 1.92. The minimum Gasteiger partial charge on any atom is -0.395 e. The van der Waals surface area contributed by atoms with E-state index in [2.05, 4.69) is 48.1 Å². The molecule has 0 radical (unpaired) electrons. The van der Waals surface area contributed by atoms with Crippen LogP contribution >= 0.6 is 11.8 Å². The molecule has 0 saturated carbocycles. The lowest BCUT2D eigenvalue weighted by atomic mass is 9.98. The topological polar surface area (TPSA) is 44.3 Å². The number of aliphatic hydroxyl groups is 1. The summed E-state index contributed by atoms with van der Waals surface area (Å²) < 4.78 is 0. The van der Waals surface area contributed by atoms with Crippen molar-refractivity contribution in [2.75, 3.05) is 19.4 Å². The summed E-state index contributed by atoms with van der Waals surface area (Å²) in [7, 11) is 0. The molecule has 4 heteroatoms. The van der Waals surface area contributed by atoms with Crippen molar-refractivity contribution in [2.45, 2.75) is 37.2 Å². The summed E-state index contributed by atoms with van der Waals surface area (Å²) in [6, 6.07) is 9.32. The Morgan fingerprint density at radius 3 is 3.00 bits per heavy atom. The molecule has 19 heavy (non-hydrogen) atoms. The van der Waals surface area contributed by atoms with E-state index in [1.54, 1.807) is 11.8 Å². The molecule has 1 aromatic rings. The van der Waals surface area contributed by atoms with Gasteiger partial charge in [-0.25, -0.2) is 0 Å². The largest absolute Gasteiger partial charge is 0.395 e. The summed E-state index contributed by atoms with van der Waals surface area (Å²) in [5, 5.41) is 16.8. The second kappa shape index (κ2) is 7.29. The van der Waals surface area contributed by atoms with Crippen molar-refractivity contribution in [3.05, 3.63) is 35.4 Å². The lowest BCUT2D eigenvalue weighted by Crippen LogP contribution is -2.40. The fourth-order valence-corrected chi connectivity index (χ4v) is 3.33. The Bertz CT molecular complexity index is 395. The molecule has 1 aliphatic heterocycles. The Kier molecular flexibility index (Phi) is 5.70. The van der Waals surface area contributed by atoms with E-state index >= 15 is 0 Å². The van der Waals surface area contributed by atoms with Gasteiger partial charge < -0.3 is 15.7 Å². The third-order valence-electron chi connectivity index (χ3n) is 3.86. The van der Waals surface area contributed by atoms with Gasteiger partial charge in [0, 0.05) is 23.9 Å². The maximum atomic E-state index is 9.40. The molecule has 3 N–H and O–H groups in total. The number of rotatable bonds is 5. The van der Waals surface area contributed by atoms with E-state index in [9.17, 15) is 5.11 Å². The third kappa shape index (κ3) is 3.72. The molecule has 1 heterocycles. The number of thioether (sulfide) groups is 1. The first-order valence-electron chi connectivity index (χ1n) is 6.94. The van der Waals surface area contributed by atoms with E-state index in [0.29, 0.717) is 12.1 Å². The van der Waals surface area contributed by atoms with Gasteiger partial charge >= 0.3 is 0 Å². The van der Waals surface area contributed by atoms with Crippen LogP contribution in [0.5, 0.6) is 0 Å². The molecule has 0 spiro atoms. The van der Waals surface area contributed by atoms with Crippen LogP contribution in [-0.2, 0) is 6.54 Å². The van der Waals surface area contributed by atoms with E-state index in [-0.39, 0.29) is 11.9 Å². The Labute approximate surface area is 120 Å². The van der Waals surface area contributed by atoms with Crippen LogP contribution in [0, 0.1) is 0 Å². The summed E-state index contributed by atoms with van der Waals surface area (Å²) in [6.07, 6.45) is 3.15. The van der Waals surface area contributed by atoms with Crippen molar-refractivity contribution < 1.29 is 5.11 Å². The number of benzene rings is 1. The van der Waals surface area contributed by atoms with Crippen LogP contribution in [0.15, 0.2) is 24.3 Å². The molecule has 0 aromatic heterocycles. The van der Waals surface area contributed by atoms with Gasteiger partial charge in [-0.3, -0.25) is 0 Å². The van der Waals surface area contributed by atoms with Gasteiger partial charge in [0.05, 0.1) is 6.61 Å². The molecular formula is C15H24N2OS. The molecule has 3 unspecified atom stereocenters. The van der Waals surface area contributed by atoms with Crippen LogP contribution in [0.4, 0.5) is 0 Å². The molecular weight excluding hydrogens is 256 g/mol. The molecule has 3 nitrogen and oxygen atoms in total. The quantitative estimate of drug-likeness (QED) is 0.771. The Balaban J connectivity index is 2.11. The van der Waals surface area contributed by atoms with Crippen molar-refractivity contribution in [1.82, 2.24) is 10.6 Å². The van der Waals surface area contributed by atoms with E-state index in [1.165, 1.54) is 11.1 Å². The van der Waals surface area contributed by atoms with Crippen LogP contribution < -0.4 is 10.6 Å². The lowest BCUT2D eigenvalue weighted by molar-refractivity contribution is 0.269. The van der Waals surface area contributed by atoms with Gasteiger partial charge in [0.25, 0.3) is 0 Å². The van der Waals surface area contributed by atoms with E-state index in [0.717, 1.165) is 19.5 Å².